The van der Waals surface area contributed by atoms with E-state index in [1.165, 1.54) is 5.56 Å². The minimum atomic E-state index is 0.711. The molecule has 0 fully saturated rings. The van der Waals surface area contributed by atoms with E-state index in [1.54, 1.807) is 0 Å². The molecule has 1 aromatic rings. The number of ether oxygens (including phenoxy) is 1. The van der Waals surface area contributed by atoms with Crippen LogP contribution in [0.15, 0.2) is 40.9 Å². The van der Waals surface area contributed by atoms with Crippen molar-refractivity contribution in [2.24, 2.45) is 0 Å². The van der Waals surface area contributed by atoms with Gasteiger partial charge in [-0.15, -0.1) is 0 Å². The Hall–Kier alpha value is -0.600. The summed E-state index contributed by atoms with van der Waals surface area (Å²) in [6, 6.07) is 8.24. The van der Waals surface area contributed by atoms with Gasteiger partial charge >= 0.3 is 0 Å². The molecule has 0 spiro atoms. The lowest BCUT2D eigenvalue weighted by atomic mass is 10.2. The quantitative estimate of drug-likeness (QED) is 0.552. The van der Waals surface area contributed by atoms with Gasteiger partial charge in [0.25, 0.3) is 0 Å². The monoisotopic (exact) mass is 268 g/mol. The van der Waals surface area contributed by atoms with E-state index in [0.717, 1.165) is 23.9 Å². The molecule has 0 aliphatic carbocycles. The van der Waals surface area contributed by atoms with Crippen LogP contribution in [0.5, 0.6) is 0 Å². The highest BCUT2D eigenvalue weighted by Gasteiger charge is 1.92. The Morgan fingerprint density at radius 1 is 1.27 bits per heavy atom. The molecule has 0 saturated carbocycles. The Kier molecular flexibility index (Phi) is 6.37. The van der Waals surface area contributed by atoms with Crippen LogP contribution in [0.3, 0.4) is 0 Å². The fraction of sp³-hybridized carbons (Fsp3) is 0.385. The van der Waals surface area contributed by atoms with Crippen molar-refractivity contribution in [1.29, 1.82) is 0 Å². The highest BCUT2D eigenvalue weighted by atomic mass is 79.9. The number of hydrogen-bond acceptors (Lipinski definition) is 1. The van der Waals surface area contributed by atoms with Crippen LogP contribution in [0.2, 0.25) is 0 Å². The molecule has 15 heavy (non-hydrogen) atoms. The van der Waals surface area contributed by atoms with Crippen molar-refractivity contribution >= 4 is 15.9 Å². The average molecular weight is 269 g/mol. The van der Waals surface area contributed by atoms with Gasteiger partial charge in [-0.05, 0) is 37.5 Å². The third kappa shape index (κ3) is 5.75. The average Bonchev–Trinajstić information content (AvgIpc) is 2.26. The van der Waals surface area contributed by atoms with Gasteiger partial charge in [0.1, 0.15) is 0 Å². The Bertz CT molecular complexity index is 290. The lowest BCUT2D eigenvalue weighted by molar-refractivity contribution is 0.119. The molecular formula is C13H17BrO. The minimum Gasteiger partial charge on any atom is -0.377 e. The molecule has 1 aromatic carbocycles. The summed E-state index contributed by atoms with van der Waals surface area (Å²) in [6.07, 6.45) is 6.45. The first-order chi connectivity index (χ1) is 7.33. The van der Waals surface area contributed by atoms with Gasteiger partial charge in [-0.1, -0.05) is 40.2 Å². The van der Waals surface area contributed by atoms with Crippen molar-refractivity contribution in [1.82, 2.24) is 0 Å². The first-order valence-corrected chi connectivity index (χ1v) is 6.05. The molecule has 0 bridgehead atoms. The number of unbranched alkanes of at least 4 members (excludes halogenated alkanes) is 1. The smallest absolute Gasteiger partial charge is 0.0716 e. The molecule has 0 unspecified atom stereocenters. The van der Waals surface area contributed by atoms with Crippen LogP contribution >= 0.6 is 15.9 Å². The van der Waals surface area contributed by atoms with E-state index in [2.05, 4.69) is 40.2 Å². The van der Waals surface area contributed by atoms with Gasteiger partial charge in [0, 0.05) is 11.1 Å². The molecule has 0 saturated heterocycles. The van der Waals surface area contributed by atoms with E-state index in [1.807, 2.05) is 19.1 Å². The van der Waals surface area contributed by atoms with E-state index in [0.29, 0.717) is 6.61 Å². The van der Waals surface area contributed by atoms with Crippen molar-refractivity contribution in [3.8, 4) is 0 Å². The summed E-state index contributed by atoms with van der Waals surface area (Å²) < 4.78 is 6.67. The van der Waals surface area contributed by atoms with Gasteiger partial charge in [-0.25, -0.2) is 0 Å². The van der Waals surface area contributed by atoms with Gasteiger partial charge in [-0.3, -0.25) is 0 Å². The van der Waals surface area contributed by atoms with Crippen LogP contribution < -0.4 is 0 Å². The van der Waals surface area contributed by atoms with Crippen LogP contribution in [-0.4, -0.2) is 6.61 Å². The van der Waals surface area contributed by atoms with E-state index in [4.69, 9.17) is 4.74 Å². The van der Waals surface area contributed by atoms with Crippen molar-refractivity contribution in [2.45, 2.75) is 26.4 Å². The third-order valence-electron chi connectivity index (χ3n) is 2.08. The second kappa shape index (κ2) is 7.66. The fourth-order valence-corrected chi connectivity index (χ4v) is 1.50. The second-order valence-electron chi connectivity index (χ2n) is 3.39. The predicted molar refractivity (Wildman–Crippen MR) is 67.8 cm³/mol. The van der Waals surface area contributed by atoms with Gasteiger partial charge in [0.2, 0.25) is 0 Å². The number of rotatable bonds is 6. The van der Waals surface area contributed by atoms with Crippen LogP contribution in [0.25, 0.3) is 0 Å². The molecule has 0 heterocycles. The van der Waals surface area contributed by atoms with E-state index in [-0.39, 0.29) is 0 Å². The summed E-state index contributed by atoms with van der Waals surface area (Å²) in [4.78, 5) is 0. The lowest BCUT2D eigenvalue weighted by Gasteiger charge is -2.03. The SMILES string of the molecule is C/C=C/CCCOCc1ccc(Br)cc1. The molecule has 2 heteroatoms. The van der Waals surface area contributed by atoms with Crippen molar-refractivity contribution in [3.05, 3.63) is 46.5 Å². The zero-order valence-electron chi connectivity index (χ0n) is 9.08. The van der Waals surface area contributed by atoms with Gasteiger partial charge in [0.15, 0.2) is 0 Å². The Morgan fingerprint density at radius 3 is 2.67 bits per heavy atom. The maximum Gasteiger partial charge on any atom is 0.0716 e. The Balaban J connectivity index is 2.12. The molecule has 0 aliphatic heterocycles. The Morgan fingerprint density at radius 2 is 2.00 bits per heavy atom. The number of allylic oxidation sites excluding steroid dienone is 2. The van der Waals surface area contributed by atoms with Gasteiger partial charge < -0.3 is 4.74 Å². The molecule has 1 nitrogen and oxygen atoms in total. The first kappa shape index (κ1) is 12.5. The molecule has 0 aromatic heterocycles. The molecule has 1 rings (SSSR count). The molecule has 0 N–H and O–H groups in total. The topological polar surface area (TPSA) is 9.23 Å². The van der Waals surface area contributed by atoms with Crippen LogP contribution in [0.1, 0.15) is 25.3 Å². The fourth-order valence-electron chi connectivity index (χ4n) is 1.24. The zero-order chi connectivity index (χ0) is 10.9. The summed E-state index contributed by atoms with van der Waals surface area (Å²) in [7, 11) is 0. The summed E-state index contributed by atoms with van der Waals surface area (Å²) in [5.41, 5.74) is 1.23. The minimum absolute atomic E-state index is 0.711. The van der Waals surface area contributed by atoms with E-state index in [9.17, 15) is 0 Å². The maximum absolute atomic E-state index is 5.56. The third-order valence-corrected chi connectivity index (χ3v) is 2.61. The van der Waals surface area contributed by atoms with Crippen molar-refractivity contribution < 1.29 is 4.74 Å². The molecule has 0 atom stereocenters. The van der Waals surface area contributed by atoms with E-state index < -0.39 is 0 Å². The van der Waals surface area contributed by atoms with E-state index >= 15 is 0 Å². The number of hydrogen-bond donors (Lipinski definition) is 0. The van der Waals surface area contributed by atoms with Crippen molar-refractivity contribution in [2.75, 3.05) is 6.61 Å². The van der Waals surface area contributed by atoms with Crippen molar-refractivity contribution in [3.63, 3.8) is 0 Å². The number of benzene rings is 1. The molecule has 82 valence electrons. The highest BCUT2D eigenvalue weighted by Crippen LogP contribution is 2.11. The van der Waals surface area contributed by atoms with Crippen LogP contribution in [0.4, 0.5) is 0 Å². The van der Waals surface area contributed by atoms with Crippen LogP contribution in [0, 0.1) is 0 Å². The van der Waals surface area contributed by atoms with Gasteiger partial charge in [0.05, 0.1) is 6.61 Å². The lowest BCUT2D eigenvalue weighted by Crippen LogP contribution is -1.94. The summed E-state index contributed by atoms with van der Waals surface area (Å²) in [5.74, 6) is 0. The standard InChI is InChI=1S/C13H17BrO/c1-2-3-4-5-10-15-11-12-6-8-13(14)9-7-12/h2-3,6-9H,4-5,10-11H2,1H3/b3-2+. The highest BCUT2D eigenvalue weighted by molar-refractivity contribution is 9.10. The maximum atomic E-state index is 5.56. The Labute approximate surface area is 100 Å². The summed E-state index contributed by atoms with van der Waals surface area (Å²) in [6.45, 7) is 3.59. The summed E-state index contributed by atoms with van der Waals surface area (Å²) >= 11 is 3.41. The van der Waals surface area contributed by atoms with Crippen LogP contribution in [-0.2, 0) is 11.3 Å². The molecular weight excluding hydrogens is 252 g/mol. The number of halogens is 1. The molecule has 0 amide bonds. The molecule has 0 aliphatic rings. The zero-order valence-corrected chi connectivity index (χ0v) is 10.7. The van der Waals surface area contributed by atoms with Gasteiger partial charge in [-0.2, -0.15) is 0 Å². The largest absolute Gasteiger partial charge is 0.377 e. The first-order valence-electron chi connectivity index (χ1n) is 5.26. The summed E-state index contributed by atoms with van der Waals surface area (Å²) in [5, 5.41) is 0. The molecule has 0 radical (unpaired) electrons. The normalized spacial score (nSPS) is 11.1. The predicted octanol–water partition coefficient (Wildman–Crippen LogP) is 4.32. The second-order valence-corrected chi connectivity index (χ2v) is 4.31.